The Balaban J connectivity index is 1.68. The first-order chi connectivity index (χ1) is 42.3. The molecule has 2 aromatic carbocycles. The third-order valence-electron chi connectivity index (χ3n) is 15.0. The van der Waals surface area contributed by atoms with Crippen LogP contribution in [0.4, 0.5) is 0 Å². The third kappa shape index (κ3) is 23.7. The fourth-order valence-corrected chi connectivity index (χ4v) is 10.3. The number of pyridine rings is 1. The summed E-state index contributed by atoms with van der Waals surface area (Å²) in [6, 6.07) is 8.03. The summed E-state index contributed by atoms with van der Waals surface area (Å²) in [7, 11) is 0. The van der Waals surface area contributed by atoms with Gasteiger partial charge in [-0.3, -0.25) is 57.7 Å². The van der Waals surface area contributed by atoms with E-state index in [1.54, 1.807) is 60.7 Å². The number of benzene rings is 2. The van der Waals surface area contributed by atoms with Gasteiger partial charge in [-0.25, -0.2) is 0 Å². The molecule has 1 aliphatic heterocycles. The lowest BCUT2D eigenvalue weighted by molar-refractivity contribution is -0.136. The second-order valence-electron chi connectivity index (χ2n) is 22.7. The van der Waals surface area contributed by atoms with E-state index in [0.717, 1.165) is 0 Å². The Morgan fingerprint density at radius 2 is 1.26 bits per heavy atom. The number of hydrogen-bond acceptors (Lipinski definition) is 19. The second-order valence-corrected chi connectivity index (χ2v) is 23.1. The maximum atomic E-state index is 14.6. The number of nitrogens with one attached hydrogen (secondary N) is 8. The summed E-state index contributed by atoms with van der Waals surface area (Å²) in [4.78, 5) is 160. The molecule has 28 heteroatoms. The van der Waals surface area contributed by atoms with Crippen molar-refractivity contribution in [2.45, 2.75) is 146 Å². The van der Waals surface area contributed by atoms with Gasteiger partial charge in [-0.05, 0) is 121 Å². The lowest BCUT2D eigenvalue weighted by atomic mass is 9.88. The van der Waals surface area contributed by atoms with Crippen LogP contribution in [-0.4, -0.2) is 174 Å². The largest absolute Gasteiger partial charge is 0.391 e. The maximum Gasteiger partial charge on any atom is 0.245 e. The molecule has 0 unspecified atom stereocenters. The van der Waals surface area contributed by atoms with Gasteiger partial charge in [0, 0.05) is 66.5 Å². The molecule has 1 saturated heterocycles. The number of aliphatic hydroxyl groups excluding tert-OH is 2. The molecular weight excluding hydrogens is 1170 g/mol. The lowest BCUT2D eigenvalue weighted by Gasteiger charge is -2.28. The Bertz CT molecular complexity index is 2900. The highest BCUT2D eigenvalue weighted by molar-refractivity contribution is 6.30. The number of nitrogens with zero attached hydrogens (tertiary/aromatic N) is 1. The van der Waals surface area contributed by atoms with E-state index < -0.39 is 169 Å². The minimum atomic E-state index is -1.69. The smallest absolute Gasteiger partial charge is 0.245 e. The molecule has 0 radical (unpaired) electrons. The average Bonchev–Trinajstić information content (AvgIpc) is 3.36. The fourth-order valence-electron chi connectivity index (χ4n) is 10.1. The molecule has 3 aromatic rings. The average molecular weight is 1260 g/mol. The van der Waals surface area contributed by atoms with Gasteiger partial charge in [-0.2, -0.15) is 0 Å². The molecule has 27 nitrogen and oxygen atoms in total. The highest BCUT2D eigenvalue weighted by Crippen LogP contribution is 2.24. The number of hydrogen-bond donors (Lipinski definition) is 15. The van der Waals surface area contributed by atoms with E-state index in [0.29, 0.717) is 21.8 Å². The Morgan fingerprint density at radius 1 is 0.663 bits per heavy atom. The van der Waals surface area contributed by atoms with Gasteiger partial charge in [0.25, 0.3) is 0 Å². The van der Waals surface area contributed by atoms with Crippen LogP contribution >= 0.6 is 11.6 Å². The molecule has 4 rings (SSSR count). The van der Waals surface area contributed by atoms with Crippen molar-refractivity contribution in [2.75, 3.05) is 39.3 Å². The van der Waals surface area contributed by atoms with Crippen molar-refractivity contribution in [1.29, 1.82) is 0 Å². The molecule has 20 N–H and O–H groups in total. The SMILES string of the molecule is CC(C)C[C@@H]1CC(=O)[C@@H](Cc2ccccc2)NC(=O)[C@H](CCN)NC(=O)[C@@H](NC(=O)[C@@H](CN)CC(=O)[C@@H](NC(=O)[C@H](CCN)CC(=O)c2ccnc(-c3cccc(Cl)c3)c2)[C@@H](C)O)CCNC(=O)[C@H]([C@@H](C)O)NC(=O)[C@H](CCN)NC(=O)[C@H](CCN)NC1=O. The van der Waals surface area contributed by atoms with Gasteiger partial charge in [0.2, 0.25) is 47.3 Å². The Kier molecular flexibility index (Phi) is 31.0. The summed E-state index contributed by atoms with van der Waals surface area (Å²) in [5.74, 6) is -12.8. The normalized spacial score (nSPS) is 22.1. The molecule has 488 valence electrons. The van der Waals surface area contributed by atoms with Crippen LogP contribution in [0.2, 0.25) is 5.02 Å². The van der Waals surface area contributed by atoms with Crippen LogP contribution in [0, 0.1) is 23.7 Å². The predicted molar refractivity (Wildman–Crippen MR) is 331 cm³/mol. The highest BCUT2D eigenvalue weighted by atomic mass is 35.5. The molecule has 1 aliphatic rings. The van der Waals surface area contributed by atoms with Gasteiger partial charge in [-0.1, -0.05) is 67.9 Å². The second kappa shape index (κ2) is 37.4. The van der Waals surface area contributed by atoms with Crippen LogP contribution in [-0.2, 0) is 54.4 Å². The van der Waals surface area contributed by atoms with Crippen LogP contribution in [0.15, 0.2) is 72.9 Å². The fraction of sp³-hybridized carbons (Fsp3) is 0.541. The third-order valence-corrected chi connectivity index (χ3v) is 15.2. The minimum absolute atomic E-state index is 0.000928. The van der Waals surface area contributed by atoms with E-state index in [-0.39, 0.29) is 82.6 Å². The van der Waals surface area contributed by atoms with E-state index in [4.69, 9.17) is 40.3 Å². The van der Waals surface area contributed by atoms with Crippen LogP contribution in [0.1, 0.15) is 101 Å². The van der Waals surface area contributed by atoms with Crippen molar-refractivity contribution >= 4 is 76.2 Å². The molecule has 0 saturated carbocycles. The van der Waals surface area contributed by atoms with E-state index in [9.17, 15) is 63.0 Å². The minimum Gasteiger partial charge on any atom is -0.391 e. The summed E-state index contributed by atoms with van der Waals surface area (Å²) in [6.07, 6.45) is -4.02. The molecule has 0 aliphatic carbocycles. The number of halogens is 1. The predicted octanol–water partition coefficient (Wildman–Crippen LogP) is -1.94. The maximum absolute atomic E-state index is 14.6. The van der Waals surface area contributed by atoms with Crippen LogP contribution in [0.25, 0.3) is 11.3 Å². The van der Waals surface area contributed by atoms with Crippen molar-refractivity contribution in [3.63, 3.8) is 0 Å². The molecule has 89 heavy (non-hydrogen) atoms. The number of amides is 8. The molecule has 1 aromatic heterocycles. The number of Topliss-reactive ketones (excluding diaryl/α,β-unsaturated/α-hetero) is 3. The van der Waals surface area contributed by atoms with Crippen LogP contribution < -0.4 is 71.2 Å². The topological polar surface area (TPSA) is 467 Å². The lowest BCUT2D eigenvalue weighted by Crippen LogP contribution is -2.60. The molecule has 0 spiro atoms. The van der Waals surface area contributed by atoms with Crippen molar-refractivity contribution in [3.8, 4) is 11.3 Å². The number of aromatic nitrogens is 1. The molecule has 8 amide bonds. The Morgan fingerprint density at radius 3 is 1.82 bits per heavy atom. The molecule has 0 bridgehead atoms. The van der Waals surface area contributed by atoms with Crippen molar-refractivity contribution in [3.05, 3.63) is 89.1 Å². The van der Waals surface area contributed by atoms with Crippen molar-refractivity contribution in [1.82, 2.24) is 47.5 Å². The first-order valence-corrected chi connectivity index (χ1v) is 30.3. The molecule has 1 fully saturated rings. The number of carbonyl (C=O) groups is 11. The van der Waals surface area contributed by atoms with Gasteiger partial charge in [0.1, 0.15) is 36.3 Å². The van der Waals surface area contributed by atoms with E-state index in [2.05, 4.69) is 47.5 Å². The van der Waals surface area contributed by atoms with Gasteiger partial charge in [0.05, 0.1) is 29.9 Å². The first kappa shape index (κ1) is 73.8. The molecular formula is C61H89ClN14O13. The Labute approximate surface area is 523 Å². The number of rotatable bonds is 26. The van der Waals surface area contributed by atoms with Crippen molar-refractivity contribution in [2.24, 2.45) is 52.3 Å². The van der Waals surface area contributed by atoms with E-state index >= 15 is 0 Å². The number of nitrogens with two attached hydrogens (primary N) is 5. The highest BCUT2D eigenvalue weighted by Gasteiger charge is 2.38. The zero-order chi connectivity index (χ0) is 65.9. The Hall–Kier alpha value is -7.63. The summed E-state index contributed by atoms with van der Waals surface area (Å²) in [5.41, 5.74) is 31.6. The zero-order valence-corrected chi connectivity index (χ0v) is 51.6. The van der Waals surface area contributed by atoms with Crippen LogP contribution in [0.5, 0.6) is 0 Å². The first-order valence-electron chi connectivity index (χ1n) is 30.0. The summed E-state index contributed by atoms with van der Waals surface area (Å²) >= 11 is 6.18. The van der Waals surface area contributed by atoms with E-state index in [1.165, 1.54) is 26.1 Å². The monoisotopic (exact) mass is 1260 g/mol. The van der Waals surface area contributed by atoms with Gasteiger partial charge in [0.15, 0.2) is 17.3 Å². The van der Waals surface area contributed by atoms with E-state index in [1.807, 2.05) is 13.8 Å². The number of ketones is 3. The summed E-state index contributed by atoms with van der Waals surface area (Å²) < 4.78 is 0. The van der Waals surface area contributed by atoms with Crippen LogP contribution in [0.3, 0.4) is 0 Å². The number of aliphatic hydroxyl groups is 2. The standard InChI is InChI=1S/C61H89ClN14O13/c1-33(2)25-40-30-50(80)48(26-36-9-6-5-7-10-36)74-58(86)44(15-21-65)72-59(87)46(18-24-69-61(89)53(35(4)78)76-60(88)45(16-22-66)73-57(85)43(14-20-64)70-55(40)83)71-56(84)41(32-67)31-51(81)52(34(3)77)75-54(82)39(13-19-63)29-49(79)38-17-23-68-47(28-38)37-11-8-12-42(62)27-37/h5-12,17,23,27-28,33-35,39-41,43-46,48,52-53,77-78H,13-16,18-22,24-26,29-32,63-67H2,1-4H3,(H,69,89)(H,70,83)(H,71,84)(H,72,87)(H,73,85)(H,74,86)(H,75,82)(H,76,88)/t34-,35-,39-,40-,41-,43+,44+,45+,46+,48-,52+,53+/m1/s1. The quantitative estimate of drug-likeness (QED) is 0.0389. The van der Waals surface area contributed by atoms with Gasteiger partial charge >= 0.3 is 0 Å². The summed E-state index contributed by atoms with van der Waals surface area (Å²) in [5, 5.41) is 42.7. The summed E-state index contributed by atoms with van der Waals surface area (Å²) in [6.45, 7) is 4.63. The zero-order valence-electron chi connectivity index (χ0n) is 50.8. The van der Waals surface area contributed by atoms with Crippen molar-refractivity contribution < 1.29 is 63.0 Å². The van der Waals surface area contributed by atoms with Gasteiger partial charge in [-0.15, -0.1) is 0 Å². The molecule has 2 heterocycles. The van der Waals surface area contributed by atoms with Gasteiger partial charge < -0.3 is 81.4 Å². The number of carbonyl (C=O) groups excluding carboxylic acids is 11. The molecule has 12 atom stereocenters.